The maximum atomic E-state index is 5.66. The van der Waals surface area contributed by atoms with Crippen LogP contribution in [-0.2, 0) is 11.2 Å². The molecule has 2 fully saturated rings. The van der Waals surface area contributed by atoms with E-state index < -0.39 is 0 Å². The van der Waals surface area contributed by atoms with Crippen molar-refractivity contribution in [3.8, 4) is 0 Å². The second-order valence-electron chi connectivity index (χ2n) is 7.84. The molecule has 4 nitrogen and oxygen atoms in total. The third-order valence-corrected chi connectivity index (χ3v) is 5.72. The second kappa shape index (κ2) is 7.77. The fraction of sp³-hybridized carbons (Fsp3) is 0.667. The SMILES string of the molecule is CCNC(=NCCc1c(C)cc(C)cc1C)N1CCC2(CCOC2)C1. The third kappa shape index (κ3) is 4.17. The first-order chi connectivity index (χ1) is 12.0. The molecule has 1 N–H and O–H groups in total. The highest BCUT2D eigenvalue weighted by atomic mass is 16.5. The molecule has 0 aliphatic carbocycles. The molecule has 1 atom stereocenters. The van der Waals surface area contributed by atoms with Crippen LogP contribution in [0.5, 0.6) is 0 Å². The minimum atomic E-state index is 0.375. The molecule has 0 bridgehead atoms. The van der Waals surface area contributed by atoms with E-state index in [9.17, 15) is 0 Å². The Bertz CT molecular complexity index is 609. The summed E-state index contributed by atoms with van der Waals surface area (Å²) in [5, 5.41) is 3.49. The van der Waals surface area contributed by atoms with Crippen LogP contribution in [0.1, 0.15) is 42.0 Å². The number of hydrogen-bond donors (Lipinski definition) is 1. The fourth-order valence-corrected chi connectivity index (χ4v) is 4.39. The van der Waals surface area contributed by atoms with Crippen LogP contribution in [0.15, 0.2) is 17.1 Å². The number of nitrogens with one attached hydrogen (secondary N) is 1. The average molecular weight is 344 g/mol. The zero-order chi connectivity index (χ0) is 17.9. The average Bonchev–Trinajstić information content (AvgIpc) is 3.19. The Hall–Kier alpha value is -1.55. The van der Waals surface area contributed by atoms with E-state index in [-0.39, 0.29) is 0 Å². The summed E-state index contributed by atoms with van der Waals surface area (Å²) in [7, 11) is 0. The lowest BCUT2D eigenvalue weighted by Gasteiger charge is -2.25. The molecule has 2 aliphatic rings. The topological polar surface area (TPSA) is 36.9 Å². The number of rotatable bonds is 4. The highest BCUT2D eigenvalue weighted by Crippen LogP contribution is 2.38. The van der Waals surface area contributed by atoms with Gasteiger partial charge in [-0.2, -0.15) is 0 Å². The van der Waals surface area contributed by atoms with Crippen LogP contribution in [-0.4, -0.2) is 50.3 Å². The van der Waals surface area contributed by atoms with Gasteiger partial charge in [0.1, 0.15) is 0 Å². The normalized spacial score (nSPS) is 23.7. The molecule has 2 heterocycles. The zero-order valence-corrected chi connectivity index (χ0v) is 16.3. The van der Waals surface area contributed by atoms with Crippen molar-refractivity contribution in [2.75, 3.05) is 39.4 Å². The van der Waals surface area contributed by atoms with Crippen molar-refractivity contribution in [3.63, 3.8) is 0 Å². The Morgan fingerprint density at radius 3 is 2.64 bits per heavy atom. The lowest BCUT2D eigenvalue weighted by molar-refractivity contribution is 0.156. The number of nitrogens with zero attached hydrogens (tertiary/aromatic N) is 2. The molecule has 0 aromatic heterocycles. The molecule has 0 saturated carbocycles. The standard InChI is InChI=1S/C21H33N3O/c1-5-22-20(24-10-7-21(14-24)8-11-25-15-21)23-9-6-19-17(3)12-16(2)13-18(19)4/h12-13H,5-11,14-15H2,1-4H3,(H,22,23). The lowest BCUT2D eigenvalue weighted by Crippen LogP contribution is -2.41. The number of aliphatic imine (C=N–C) groups is 1. The Balaban J connectivity index is 1.65. The second-order valence-corrected chi connectivity index (χ2v) is 7.84. The molecule has 2 saturated heterocycles. The van der Waals surface area contributed by atoms with Gasteiger partial charge in [-0.25, -0.2) is 0 Å². The highest BCUT2D eigenvalue weighted by molar-refractivity contribution is 5.80. The maximum absolute atomic E-state index is 5.66. The Morgan fingerprint density at radius 2 is 2.00 bits per heavy atom. The van der Waals surface area contributed by atoms with E-state index in [4.69, 9.17) is 9.73 Å². The van der Waals surface area contributed by atoms with Crippen molar-refractivity contribution in [2.45, 2.75) is 47.0 Å². The summed E-state index contributed by atoms with van der Waals surface area (Å²) in [6, 6.07) is 4.56. The third-order valence-electron chi connectivity index (χ3n) is 5.72. The van der Waals surface area contributed by atoms with Crippen LogP contribution in [0.25, 0.3) is 0 Å². The summed E-state index contributed by atoms with van der Waals surface area (Å²) in [6.45, 7) is 14.5. The maximum Gasteiger partial charge on any atom is 0.193 e. The van der Waals surface area contributed by atoms with Crippen molar-refractivity contribution in [3.05, 3.63) is 34.4 Å². The number of guanidine groups is 1. The van der Waals surface area contributed by atoms with Gasteiger partial charge in [0, 0.05) is 38.2 Å². The van der Waals surface area contributed by atoms with E-state index in [0.29, 0.717) is 5.41 Å². The first-order valence-corrected chi connectivity index (χ1v) is 9.71. The smallest absolute Gasteiger partial charge is 0.193 e. The molecule has 1 aromatic carbocycles. The molecule has 1 spiro atoms. The summed E-state index contributed by atoms with van der Waals surface area (Å²) in [6.07, 6.45) is 3.44. The van der Waals surface area contributed by atoms with Gasteiger partial charge in [0.15, 0.2) is 5.96 Å². The van der Waals surface area contributed by atoms with Crippen molar-refractivity contribution in [1.82, 2.24) is 10.2 Å². The van der Waals surface area contributed by atoms with E-state index in [0.717, 1.165) is 51.8 Å². The molecule has 2 aliphatic heterocycles. The zero-order valence-electron chi connectivity index (χ0n) is 16.3. The summed E-state index contributed by atoms with van der Waals surface area (Å²) in [5.74, 6) is 1.08. The molecule has 1 unspecified atom stereocenters. The molecular formula is C21H33N3O. The molecular weight excluding hydrogens is 310 g/mol. The van der Waals surface area contributed by atoms with Crippen LogP contribution in [0, 0.1) is 26.2 Å². The lowest BCUT2D eigenvalue weighted by atomic mass is 9.87. The minimum Gasteiger partial charge on any atom is -0.381 e. The van der Waals surface area contributed by atoms with Gasteiger partial charge in [-0.05, 0) is 63.6 Å². The highest BCUT2D eigenvalue weighted by Gasteiger charge is 2.42. The first-order valence-electron chi connectivity index (χ1n) is 9.71. The van der Waals surface area contributed by atoms with Crippen molar-refractivity contribution in [2.24, 2.45) is 10.4 Å². The summed E-state index contributed by atoms with van der Waals surface area (Å²) in [4.78, 5) is 7.38. The predicted molar refractivity (Wildman–Crippen MR) is 104 cm³/mol. The van der Waals surface area contributed by atoms with Gasteiger partial charge in [-0.3, -0.25) is 4.99 Å². The van der Waals surface area contributed by atoms with Crippen LogP contribution >= 0.6 is 0 Å². The van der Waals surface area contributed by atoms with Crippen LogP contribution in [0.3, 0.4) is 0 Å². The molecule has 4 heteroatoms. The van der Waals surface area contributed by atoms with Gasteiger partial charge in [0.05, 0.1) is 6.61 Å². The van der Waals surface area contributed by atoms with Crippen LogP contribution in [0.2, 0.25) is 0 Å². The number of ether oxygens (including phenoxy) is 1. The molecule has 25 heavy (non-hydrogen) atoms. The quantitative estimate of drug-likeness (QED) is 0.674. The van der Waals surface area contributed by atoms with Gasteiger partial charge in [-0.1, -0.05) is 17.7 Å². The summed E-state index contributed by atoms with van der Waals surface area (Å²) in [5.41, 5.74) is 5.95. The van der Waals surface area contributed by atoms with Gasteiger partial charge >= 0.3 is 0 Å². The molecule has 0 radical (unpaired) electrons. The monoisotopic (exact) mass is 343 g/mol. The Kier molecular flexibility index (Phi) is 5.67. The van der Waals surface area contributed by atoms with E-state index in [1.165, 1.54) is 35.1 Å². The first kappa shape index (κ1) is 18.2. The summed E-state index contributed by atoms with van der Waals surface area (Å²) >= 11 is 0. The van der Waals surface area contributed by atoms with Gasteiger partial charge in [0.25, 0.3) is 0 Å². The fourth-order valence-electron chi connectivity index (χ4n) is 4.39. The molecule has 1 aromatic rings. The van der Waals surface area contributed by atoms with E-state index in [1.54, 1.807) is 0 Å². The molecule has 3 rings (SSSR count). The number of likely N-dealkylation sites (tertiary alicyclic amines) is 1. The predicted octanol–water partition coefficient (Wildman–Crippen LogP) is 3.23. The van der Waals surface area contributed by atoms with Crippen LogP contribution in [0.4, 0.5) is 0 Å². The Morgan fingerprint density at radius 1 is 1.24 bits per heavy atom. The number of benzene rings is 1. The Labute approximate surface area is 152 Å². The minimum absolute atomic E-state index is 0.375. The van der Waals surface area contributed by atoms with E-state index in [2.05, 4.69) is 50.0 Å². The van der Waals surface area contributed by atoms with Gasteiger partial charge in [-0.15, -0.1) is 0 Å². The molecule has 0 amide bonds. The van der Waals surface area contributed by atoms with Gasteiger partial charge in [0.2, 0.25) is 0 Å². The van der Waals surface area contributed by atoms with Gasteiger partial charge < -0.3 is 15.0 Å². The van der Waals surface area contributed by atoms with E-state index in [1.807, 2.05) is 0 Å². The largest absolute Gasteiger partial charge is 0.381 e. The molecule has 138 valence electrons. The van der Waals surface area contributed by atoms with Crippen molar-refractivity contribution < 1.29 is 4.74 Å². The van der Waals surface area contributed by atoms with Crippen molar-refractivity contribution in [1.29, 1.82) is 0 Å². The van der Waals surface area contributed by atoms with E-state index >= 15 is 0 Å². The van der Waals surface area contributed by atoms with Crippen molar-refractivity contribution >= 4 is 5.96 Å². The number of hydrogen-bond acceptors (Lipinski definition) is 2. The van der Waals surface area contributed by atoms with Crippen LogP contribution < -0.4 is 5.32 Å². The number of aryl methyl sites for hydroxylation is 3. The summed E-state index contributed by atoms with van der Waals surface area (Å²) < 4.78 is 5.66.